The summed E-state index contributed by atoms with van der Waals surface area (Å²) < 4.78 is 5.51. The van der Waals surface area contributed by atoms with Crippen LogP contribution in [0.25, 0.3) is 0 Å². The van der Waals surface area contributed by atoms with E-state index in [4.69, 9.17) is 10.3 Å². The Hall–Kier alpha value is -1.43. The first-order chi connectivity index (χ1) is 10.7. The number of hydrogen-bond donors (Lipinski definition) is 1. The first kappa shape index (κ1) is 16.4. The van der Waals surface area contributed by atoms with Crippen LogP contribution in [0.5, 0.6) is 0 Å². The van der Waals surface area contributed by atoms with Gasteiger partial charge in [-0.1, -0.05) is 29.4 Å². The lowest BCUT2D eigenvalue weighted by molar-refractivity contribution is 0.157. The third-order valence-electron chi connectivity index (χ3n) is 5.20. The minimum Gasteiger partial charge on any atom is -0.338 e. The third-order valence-corrected chi connectivity index (χ3v) is 5.20. The van der Waals surface area contributed by atoms with Gasteiger partial charge < -0.3 is 10.3 Å². The van der Waals surface area contributed by atoms with E-state index in [1.165, 1.54) is 11.1 Å². The van der Waals surface area contributed by atoms with Gasteiger partial charge in [-0.15, -0.1) is 12.4 Å². The fraction of sp³-hybridized carbons (Fsp3) is 0.529. The van der Waals surface area contributed by atoms with Crippen molar-refractivity contribution in [1.82, 2.24) is 15.0 Å². The highest BCUT2D eigenvalue weighted by atomic mass is 35.5. The summed E-state index contributed by atoms with van der Waals surface area (Å²) in [7, 11) is 0. The van der Waals surface area contributed by atoms with Crippen LogP contribution in [0.3, 0.4) is 0 Å². The van der Waals surface area contributed by atoms with Crippen molar-refractivity contribution in [1.29, 1.82) is 0 Å². The van der Waals surface area contributed by atoms with E-state index in [0.717, 1.165) is 38.8 Å². The van der Waals surface area contributed by atoms with E-state index in [1.807, 2.05) is 0 Å². The molecule has 0 amide bonds. The first-order valence-electron chi connectivity index (χ1n) is 8.09. The molecule has 1 atom stereocenters. The molecule has 0 radical (unpaired) electrons. The molecule has 1 aliphatic carbocycles. The zero-order valence-corrected chi connectivity index (χ0v) is 14.2. The minimum absolute atomic E-state index is 0. The molecule has 1 unspecified atom stereocenters. The molecule has 2 aliphatic rings. The lowest BCUT2D eigenvalue weighted by Crippen LogP contribution is -2.44. The van der Waals surface area contributed by atoms with Crippen molar-refractivity contribution in [2.45, 2.75) is 50.7 Å². The minimum atomic E-state index is -0.351. The highest BCUT2D eigenvalue weighted by Gasteiger charge is 2.39. The van der Waals surface area contributed by atoms with Gasteiger partial charge in [0.2, 0.25) is 5.89 Å². The highest BCUT2D eigenvalue weighted by Crippen LogP contribution is 2.37. The Balaban J connectivity index is 0.00000156. The molecular weight excluding hydrogens is 312 g/mol. The zero-order valence-electron chi connectivity index (χ0n) is 13.4. The van der Waals surface area contributed by atoms with E-state index in [-0.39, 0.29) is 24.0 Å². The fourth-order valence-corrected chi connectivity index (χ4v) is 3.39. The zero-order chi connectivity index (χ0) is 15.2. The van der Waals surface area contributed by atoms with Gasteiger partial charge in [-0.2, -0.15) is 4.98 Å². The van der Waals surface area contributed by atoms with Gasteiger partial charge in [0.15, 0.2) is 5.82 Å². The van der Waals surface area contributed by atoms with Crippen LogP contribution in [0, 0.1) is 0 Å². The molecule has 4 rings (SSSR count). The largest absolute Gasteiger partial charge is 0.338 e. The normalized spacial score (nSPS) is 21.0. The molecule has 23 heavy (non-hydrogen) atoms. The molecule has 5 nitrogen and oxygen atoms in total. The second kappa shape index (κ2) is 6.23. The SMILES string of the molecule is CC(c1nc(C2(N)CCC2)no1)N1CCc2ccccc2C1.Cl. The molecule has 124 valence electrons. The van der Waals surface area contributed by atoms with Crippen LogP contribution in [0.15, 0.2) is 28.8 Å². The Bertz CT molecular complexity index is 683. The number of benzene rings is 1. The second-order valence-electron chi connectivity index (χ2n) is 6.63. The van der Waals surface area contributed by atoms with Crippen molar-refractivity contribution < 1.29 is 4.52 Å². The number of halogens is 1. The van der Waals surface area contributed by atoms with Gasteiger partial charge in [-0.25, -0.2) is 0 Å². The molecule has 1 saturated carbocycles. The number of rotatable bonds is 3. The van der Waals surface area contributed by atoms with Gasteiger partial charge >= 0.3 is 0 Å². The number of nitrogens with zero attached hydrogens (tertiary/aromatic N) is 3. The molecule has 2 N–H and O–H groups in total. The van der Waals surface area contributed by atoms with E-state index < -0.39 is 0 Å². The summed E-state index contributed by atoms with van der Waals surface area (Å²) in [5, 5.41) is 4.13. The van der Waals surface area contributed by atoms with Crippen molar-refractivity contribution in [3.63, 3.8) is 0 Å². The topological polar surface area (TPSA) is 68.2 Å². The molecule has 0 spiro atoms. The van der Waals surface area contributed by atoms with Gasteiger partial charge in [0.05, 0.1) is 11.6 Å². The van der Waals surface area contributed by atoms with E-state index >= 15 is 0 Å². The van der Waals surface area contributed by atoms with Gasteiger partial charge in [-0.05, 0) is 43.7 Å². The van der Waals surface area contributed by atoms with E-state index in [9.17, 15) is 0 Å². The third kappa shape index (κ3) is 2.89. The van der Waals surface area contributed by atoms with Crippen LogP contribution in [0.2, 0.25) is 0 Å². The second-order valence-corrected chi connectivity index (χ2v) is 6.63. The van der Waals surface area contributed by atoms with E-state index in [0.29, 0.717) is 11.7 Å². The molecule has 2 aromatic rings. The summed E-state index contributed by atoms with van der Waals surface area (Å²) in [6.07, 6.45) is 4.13. The van der Waals surface area contributed by atoms with Crippen molar-refractivity contribution >= 4 is 12.4 Å². The monoisotopic (exact) mass is 334 g/mol. The Morgan fingerprint density at radius 1 is 1.26 bits per heavy atom. The van der Waals surface area contributed by atoms with E-state index in [1.54, 1.807) is 0 Å². The van der Waals surface area contributed by atoms with Crippen molar-refractivity contribution in [3.8, 4) is 0 Å². The highest BCUT2D eigenvalue weighted by molar-refractivity contribution is 5.85. The molecule has 1 aromatic heterocycles. The first-order valence-corrected chi connectivity index (χ1v) is 8.09. The number of fused-ring (bicyclic) bond motifs is 1. The van der Waals surface area contributed by atoms with Crippen LogP contribution >= 0.6 is 12.4 Å². The molecule has 1 aromatic carbocycles. The maximum Gasteiger partial charge on any atom is 0.243 e. The summed E-state index contributed by atoms with van der Waals surface area (Å²) >= 11 is 0. The van der Waals surface area contributed by atoms with Crippen LogP contribution in [0.1, 0.15) is 55.1 Å². The lowest BCUT2D eigenvalue weighted by atomic mass is 9.77. The molecule has 0 saturated heterocycles. The molecule has 1 aliphatic heterocycles. The average Bonchev–Trinajstić information content (AvgIpc) is 3.01. The van der Waals surface area contributed by atoms with Crippen molar-refractivity contribution in [2.24, 2.45) is 5.73 Å². The van der Waals surface area contributed by atoms with Gasteiger partial charge in [-0.3, -0.25) is 4.90 Å². The Morgan fingerprint density at radius 3 is 2.70 bits per heavy atom. The maximum absolute atomic E-state index is 6.28. The van der Waals surface area contributed by atoms with Gasteiger partial charge in [0, 0.05) is 13.1 Å². The smallest absolute Gasteiger partial charge is 0.243 e. The van der Waals surface area contributed by atoms with Crippen LogP contribution < -0.4 is 5.73 Å². The van der Waals surface area contributed by atoms with Crippen molar-refractivity contribution in [2.75, 3.05) is 6.54 Å². The summed E-state index contributed by atoms with van der Waals surface area (Å²) in [5.41, 5.74) is 8.78. The standard InChI is InChI=1S/C17H22N4O.ClH/c1-12(15-19-16(20-22-15)17(18)8-4-9-17)21-10-7-13-5-2-3-6-14(13)11-21;/h2-3,5-6,12H,4,7-11,18H2,1H3;1H. The van der Waals surface area contributed by atoms with Gasteiger partial charge in [0.1, 0.15) is 0 Å². The summed E-state index contributed by atoms with van der Waals surface area (Å²) in [5.74, 6) is 1.36. The molecule has 1 fully saturated rings. The predicted octanol–water partition coefficient (Wildman–Crippen LogP) is 2.95. The number of hydrogen-bond acceptors (Lipinski definition) is 5. The molecule has 6 heteroatoms. The van der Waals surface area contributed by atoms with Gasteiger partial charge in [0.25, 0.3) is 0 Å². The Labute approximate surface area is 142 Å². The number of nitrogens with two attached hydrogens (primary N) is 1. The van der Waals surface area contributed by atoms with Crippen LogP contribution in [-0.4, -0.2) is 21.6 Å². The maximum atomic E-state index is 6.28. The summed E-state index contributed by atoms with van der Waals surface area (Å²) in [6.45, 7) is 4.08. The lowest BCUT2D eigenvalue weighted by Gasteiger charge is -2.34. The Morgan fingerprint density at radius 2 is 2.00 bits per heavy atom. The predicted molar refractivity (Wildman–Crippen MR) is 90.2 cm³/mol. The quantitative estimate of drug-likeness (QED) is 0.934. The fourth-order valence-electron chi connectivity index (χ4n) is 3.39. The summed E-state index contributed by atoms with van der Waals surface area (Å²) in [4.78, 5) is 6.98. The molecule has 0 bridgehead atoms. The van der Waals surface area contributed by atoms with Crippen molar-refractivity contribution in [3.05, 3.63) is 47.1 Å². The Kier molecular flexibility index (Phi) is 4.45. The molecule has 2 heterocycles. The van der Waals surface area contributed by atoms with Crippen LogP contribution in [-0.2, 0) is 18.5 Å². The van der Waals surface area contributed by atoms with Crippen LogP contribution in [0.4, 0.5) is 0 Å². The van der Waals surface area contributed by atoms with E-state index in [2.05, 4.69) is 46.2 Å². The average molecular weight is 335 g/mol. The number of aromatic nitrogens is 2. The molecular formula is C17H23ClN4O. The summed E-state index contributed by atoms with van der Waals surface area (Å²) in [6, 6.07) is 8.76.